The zero-order valence-electron chi connectivity index (χ0n) is 8.44. The molecule has 0 saturated carbocycles. The molecule has 74 valence electrons. The quantitative estimate of drug-likeness (QED) is 0.580. The number of hydrogen-bond acceptors (Lipinski definition) is 1. The van der Waals surface area contributed by atoms with Crippen molar-refractivity contribution >= 4 is 0 Å². The van der Waals surface area contributed by atoms with Crippen molar-refractivity contribution in [2.75, 3.05) is 0 Å². The van der Waals surface area contributed by atoms with Crippen LogP contribution in [-0.4, -0.2) is 12.2 Å². The highest BCUT2D eigenvalue weighted by Gasteiger charge is 2.43. The third-order valence-corrected chi connectivity index (χ3v) is 3.65. The monoisotopic (exact) mass is 196 g/mol. The highest BCUT2D eigenvalue weighted by Crippen LogP contribution is 2.41. The van der Waals surface area contributed by atoms with Gasteiger partial charge >= 0.3 is 0 Å². The Morgan fingerprint density at radius 1 is 1.07 bits per heavy atom. The Kier molecular flexibility index (Phi) is 1.37. The lowest BCUT2D eigenvalue weighted by molar-refractivity contribution is 0.406. The molecule has 1 heterocycles. The molecule has 2 unspecified atom stereocenters. The van der Waals surface area contributed by atoms with E-state index in [-0.39, 0.29) is 0 Å². The Morgan fingerprint density at radius 2 is 1.87 bits per heavy atom. The predicted octanol–water partition coefficient (Wildman–Crippen LogP) is 2.42. The van der Waals surface area contributed by atoms with E-state index in [1.54, 1.807) is 0 Å². The average molecular weight is 196 g/mol. The standard InChI is InChI=1S/C14H12O/c1-2-4-10-8-12-11(7-9(10)3-1)5-6-13-14(12)15-13/h1-6,13-14H,7-8H2. The molecule has 1 nitrogen and oxygen atoms in total. The molecule has 4 rings (SSSR count). The SMILES string of the molecule is C1=CC2OC2C2=C1Cc1ccccc1C2. The van der Waals surface area contributed by atoms with Gasteiger partial charge in [0.15, 0.2) is 0 Å². The van der Waals surface area contributed by atoms with Gasteiger partial charge in [-0.1, -0.05) is 36.4 Å². The molecule has 0 bridgehead atoms. The lowest BCUT2D eigenvalue weighted by atomic mass is 9.82. The first-order valence-corrected chi connectivity index (χ1v) is 5.54. The fourth-order valence-electron chi connectivity index (χ4n) is 2.75. The molecule has 1 aliphatic heterocycles. The Morgan fingerprint density at radius 3 is 2.73 bits per heavy atom. The number of benzene rings is 1. The molecule has 0 radical (unpaired) electrons. The molecule has 0 aromatic heterocycles. The largest absolute Gasteiger partial charge is 0.360 e. The summed E-state index contributed by atoms with van der Waals surface area (Å²) >= 11 is 0. The topological polar surface area (TPSA) is 12.5 Å². The van der Waals surface area contributed by atoms with Crippen LogP contribution >= 0.6 is 0 Å². The lowest BCUT2D eigenvalue weighted by Gasteiger charge is -2.22. The van der Waals surface area contributed by atoms with Crippen LogP contribution < -0.4 is 0 Å². The van der Waals surface area contributed by atoms with Gasteiger partial charge in [-0.3, -0.25) is 0 Å². The minimum atomic E-state index is 0.397. The second-order valence-electron chi connectivity index (χ2n) is 4.55. The molecule has 1 aromatic rings. The van der Waals surface area contributed by atoms with Crippen molar-refractivity contribution in [1.29, 1.82) is 0 Å². The van der Waals surface area contributed by atoms with Crippen molar-refractivity contribution in [1.82, 2.24) is 0 Å². The summed E-state index contributed by atoms with van der Waals surface area (Å²) in [5.41, 5.74) is 5.99. The number of ether oxygens (including phenoxy) is 1. The first-order valence-electron chi connectivity index (χ1n) is 5.54. The molecule has 1 saturated heterocycles. The normalized spacial score (nSPS) is 30.7. The van der Waals surface area contributed by atoms with Crippen molar-refractivity contribution in [2.24, 2.45) is 0 Å². The number of allylic oxidation sites excluding steroid dienone is 2. The number of rotatable bonds is 0. The number of fused-ring (bicyclic) bond motifs is 3. The van der Waals surface area contributed by atoms with Crippen LogP contribution in [0, 0.1) is 0 Å². The first-order chi connectivity index (χ1) is 7.42. The second-order valence-corrected chi connectivity index (χ2v) is 4.55. The van der Waals surface area contributed by atoms with Gasteiger partial charge in [0.2, 0.25) is 0 Å². The molecule has 0 amide bonds. The third-order valence-electron chi connectivity index (χ3n) is 3.65. The van der Waals surface area contributed by atoms with E-state index in [0.717, 1.165) is 12.8 Å². The summed E-state index contributed by atoms with van der Waals surface area (Å²) in [7, 11) is 0. The predicted molar refractivity (Wildman–Crippen MR) is 58.7 cm³/mol. The van der Waals surface area contributed by atoms with Gasteiger partial charge in [-0.15, -0.1) is 0 Å². The molecule has 3 aliphatic rings. The van der Waals surface area contributed by atoms with Crippen molar-refractivity contribution in [3.63, 3.8) is 0 Å². The smallest absolute Gasteiger partial charge is 0.110 e. The van der Waals surface area contributed by atoms with E-state index in [1.807, 2.05) is 0 Å². The van der Waals surface area contributed by atoms with Crippen molar-refractivity contribution < 1.29 is 4.74 Å². The number of hydrogen-bond donors (Lipinski definition) is 0. The zero-order chi connectivity index (χ0) is 9.83. The summed E-state index contributed by atoms with van der Waals surface area (Å²) in [5, 5.41) is 0. The molecule has 2 aliphatic carbocycles. The molecular formula is C14H12O. The van der Waals surface area contributed by atoms with Crippen LogP contribution in [0.2, 0.25) is 0 Å². The van der Waals surface area contributed by atoms with Gasteiger partial charge in [-0.2, -0.15) is 0 Å². The first kappa shape index (κ1) is 7.89. The maximum Gasteiger partial charge on any atom is 0.110 e. The van der Waals surface area contributed by atoms with E-state index >= 15 is 0 Å². The average Bonchev–Trinajstić information content (AvgIpc) is 3.06. The van der Waals surface area contributed by atoms with E-state index in [9.17, 15) is 0 Å². The molecular weight excluding hydrogens is 184 g/mol. The minimum absolute atomic E-state index is 0.397. The lowest BCUT2D eigenvalue weighted by Crippen LogP contribution is -2.15. The van der Waals surface area contributed by atoms with Crippen molar-refractivity contribution in [2.45, 2.75) is 25.0 Å². The highest BCUT2D eigenvalue weighted by molar-refractivity contribution is 5.50. The summed E-state index contributed by atoms with van der Waals surface area (Å²) in [6.07, 6.45) is 7.47. The van der Waals surface area contributed by atoms with Crippen LogP contribution in [0.3, 0.4) is 0 Å². The fourth-order valence-corrected chi connectivity index (χ4v) is 2.75. The van der Waals surface area contributed by atoms with Gasteiger partial charge in [0, 0.05) is 0 Å². The molecule has 1 aromatic carbocycles. The van der Waals surface area contributed by atoms with Crippen molar-refractivity contribution in [3.05, 3.63) is 58.7 Å². The van der Waals surface area contributed by atoms with E-state index in [4.69, 9.17) is 4.74 Å². The molecule has 1 fully saturated rings. The van der Waals surface area contributed by atoms with E-state index in [1.165, 1.54) is 22.3 Å². The van der Waals surface area contributed by atoms with E-state index in [0.29, 0.717) is 12.2 Å². The Hall–Kier alpha value is -1.34. The summed E-state index contributed by atoms with van der Waals surface area (Å²) in [4.78, 5) is 0. The summed E-state index contributed by atoms with van der Waals surface area (Å²) < 4.78 is 5.62. The van der Waals surface area contributed by atoms with Crippen LogP contribution in [-0.2, 0) is 17.6 Å². The second kappa shape index (κ2) is 2.61. The summed E-state index contributed by atoms with van der Waals surface area (Å²) in [6.45, 7) is 0. The van der Waals surface area contributed by atoms with Gasteiger partial charge in [0.1, 0.15) is 12.2 Å². The molecule has 1 heteroatoms. The van der Waals surface area contributed by atoms with Crippen LogP contribution in [0.4, 0.5) is 0 Å². The van der Waals surface area contributed by atoms with E-state index < -0.39 is 0 Å². The molecule has 0 N–H and O–H groups in total. The van der Waals surface area contributed by atoms with Gasteiger partial charge < -0.3 is 4.74 Å². The van der Waals surface area contributed by atoms with Crippen LogP contribution in [0.5, 0.6) is 0 Å². The van der Waals surface area contributed by atoms with Crippen molar-refractivity contribution in [3.8, 4) is 0 Å². The number of epoxide rings is 1. The Labute approximate surface area is 89.1 Å². The minimum Gasteiger partial charge on any atom is -0.360 e. The Bertz CT molecular complexity index is 496. The van der Waals surface area contributed by atoms with Crippen LogP contribution in [0.1, 0.15) is 11.1 Å². The molecule has 2 atom stereocenters. The van der Waals surface area contributed by atoms with Gasteiger partial charge in [0.05, 0.1) is 0 Å². The summed E-state index contributed by atoms with van der Waals surface area (Å²) in [5.74, 6) is 0. The van der Waals surface area contributed by atoms with Gasteiger partial charge in [-0.05, 0) is 35.1 Å². The third kappa shape index (κ3) is 1.07. The zero-order valence-corrected chi connectivity index (χ0v) is 8.44. The molecule has 0 spiro atoms. The van der Waals surface area contributed by atoms with Crippen LogP contribution in [0.15, 0.2) is 47.6 Å². The summed E-state index contributed by atoms with van der Waals surface area (Å²) in [6, 6.07) is 8.75. The van der Waals surface area contributed by atoms with E-state index in [2.05, 4.69) is 36.4 Å². The van der Waals surface area contributed by atoms with Gasteiger partial charge in [0.25, 0.3) is 0 Å². The maximum atomic E-state index is 5.62. The molecule has 15 heavy (non-hydrogen) atoms. The fraction of sp³-hybridized carbons (Fsp3) is 0.286. The van der Waals surface area contributed by atoms with Crippen LogP contribution in [0.25, 0.3) is 0 Å². The maximum absolute atomic E-state index is 5.62. The van der Waals surface area contributed by atoms with Gasteiger partial charge in [-0.25, -0.2) is 0 Å². The highest BCUT2D eigenvalue weighted by atomic mass is 16.6. The Balaban J connectivity index is 1.82.